The van der Waals surface area contributed by atoms with Crippen LogP contribution in [-0.2, 0) is 5.60 Å². The normalized spacial score (nSPS) is 15.7. The molecule has 0 fully saturated rings. The van der Waals surface area contributed by atoms with Gasteiger partial charge >= 0.3 is 0 Å². The minimum atomic E-state index is -0.981. The third kappa shape index (κ3) is 4.59. The van der Waals surface area contributed by atoms with Crippen molar-refractivity contribution in [3.05, 3.63) is 33.3 Å². The topological polar surface area (TPSA) is 32.3 Å². The van der Waals surface area contributed by atoms with Crippen LogP contribution < -0.4 is 5.32 Å². The van der Waals surface area contributed by atoms with Gasteiger partial charge < -0.3 is 10.4 Å². The average molecular weight is 321 g/mol. The maximum absolute atomic E-state index is 10.5. The highest BCUT2D eigenvalue weighted by Gasteiger charge is 2.27. The smallest absolute Gasteiger partial charge is 0.101 e. The zero-order valence-electron chi connectivity index (χ0n) is 10.6. The highest BCUT2D eigenvalue weighted by molar-refractivity contribution is 9.10. The molecular weight excluding hydrogens is 302 g/mol. The third-order valence-electron chi connectivity index (χ3n) is 2.47. The summed E-state index contributed by atoms with van der Waals surface area (Å²) >= 11 is 9.50. The Morgan fingerprint density at radius 1 is 1.29 bits per heavy atom. The second-order valence-electron chi connectivity index (χ2n) is 5.50. The summed E-state index contributed by atoms with van der Waals surface area (Å²) in [6.07, 6.45) is 0. The van der Waals surface area contributed by atoms with Crippen molar-refractivity contribution in [2.75, 3.05) is 6.54 Å². The van der Waals surface area contributed by atoms with E-state index in [2.05, 4.69) is 42.0 Å². The van der Waals surface area contributed by atoms with Gasteiger partial charge in [0.25, 0.3) is 0 Å². The number of nitrogens with one attached hydrogen (secondary N) is 1. The summed E-state index contributed by atoms with van der Waals surface area (Å²) < 4.78 is 0.908. The maximum atomic E-state index is 10.5. The van der Waals surface area contributed by atoms with E-state index in [0.717, 1.165) is 10.0 Å². The quantitative estimate of drug-likeness (QED) is 0.890. The van der Waals surface area contributed by atoms with Gasteiger partial charge in [-0.3, -0.25) is 0 Å². The molecule has 0 spiro atoms. The summed E-state index contributed by atoms with van der Waals surface area (Å²) in [5, 5.41) is 14.3. The molecule has 0 aromatic heterocycles. The summed E-state index contributed by atoms with van der Waals surface area (Å²) in [5.74, 6) is 0. The largest absolute Gasteiger partial charge is 0.384 e. The van der Waals surface area contributed by atoms with Crippen LogP contribution in [0, 0.1) is 0 Å². The molecule has 0 amide bonds. The molecule has 0 aliphatic carbocycles. The van der Waals surface area contributed by atoms with E-state index in [1.54, 1.807) is 13.0 Å². The van der Waals surface area contributed by atoms with Gasteiger partial charge in [-0.05, 0) is 39.8 Å². The first kappa shape index (κ1) is 15.0. The summed E-state index contributed by atoms with van der Waals surface area (Å²) in [6.45, 7) is 8.41. The molecule has 4 heteroatoms. The molecule has 1 atom stereocenters. The Morgan fingerprint density at radius 3 is 2.35 bits per heavy atom. The monoisotopic (exact) mass is 319 g/mol. The zero-order valence-corrected chi connectivity index (χ0v) is 13.0. The number of β-amino-alcohol motifs (C(OH)–C–C–N with tert-alkyl or cyclic N) is 1. The summed E-state index contributed by atoms with van der Waals surface area (Å²) in [6, 6.07) is 5.52. The molecule has 1 unspecified atom stereocenters. The molecule has 1 rings (SSSR count). The third-order valence-corrected chi connectivity index (χ3v) is 3.28. The summed E-state index contributed by atoms with van der Waals surface area (Å²) in [7, 11) is 0. The number of halogens is 2. The van der Waals surface area contributed by atoms with Gasteiger partial charge in [0.15, 0.2) is 0 Å². The minimum Gasteiger partial charge on any atom is -0.384 e. The second-order valence-corrected chi connectivity index (χ2v) is 6.82. The Morgan fingerprint density at radius 2 is 1.88 bits per heavy atom. The van der Waals surface area contributed by atoms with Crippen LogP contribution in [0.1, 0.15) is 33.3 Å². The van der Waals surface area contributed by atoms with Gasteiger partial charge in [-0.1, -0.05) is 33.6 Å². The fourth-order valence-electron chi connectivity index (χ4n) is 1.46. The standard InChI is InChI=1S/C13H19BrClNO/c1-12(2,3)16-8-13(4,17)10-6-5-9(14)7-11(10)15/h5-7,16-17H,8H2,1-4H3. The second kappa shape index (κ2) is 5.27. The molecule has 1 aromatic carbocycles. The Balaban J connectivity index is 2.89. The van der Waals surface area contributed by atoms with E-state index in [4.69, 9.17) is 11.6 Å². The van der Waals surface area contributed by atoms with Crippen molar-refractivity contribution >= 4 is 27.5 Å². The molecule has 17 heavy (non-hydrogen) atoms. The van der Waals surface area contributed by atoms with Crippen LogP contribution in [0.2, 0.25) is 5.02 Å². The lowest BCUT2D eigenvalue weighted by Crippen LogP contribution is -2.44. The highest BCUT2D eigenvalue weighted by atomic mass is 79.9. The van der Waals surface area contributed by atoms with Gasteiger partial charge in [-0.15, -0.1) is 0 Å². The van der Waals surface area contributed by atoms with Crippen LogP contribution in [0.3, 0.4) is 0 Å². The molecule has 2 N–H and O–H groups in total. The summed E-state index contributed by atoms with van der Waals surface area (Å²) in [5.41, 5.74) is -0.282. The van der Waals surface area contributed by atoms with Crippen molar-refractivity contribution in [2.45, 2.75) is 38.8 Å². The molecule has 0 bridgehead atoms. The van der Waals surface area contributed by atoms with E-state index in [0.29, 0.717) is 11.6 Å². The van der Waals surface area contributed by atoms with Crippen LogP contribution in [0.25, 0.3) is 0 Å². The van der Waals surface area contributed by atoms with E-state index in [9.17, 15) is 5.11 Å². The van der Waals surface area contributed by atoms with E-state index in [-0.39, 0.29) is 5.54 Å². The molecule has 2 nitrogen and oxygen atoms in total. The van der Waals surface area contributed by atoms with Gasteiger partial charge in [-0.2, -0.15) is 0 Å². The lowest BCUT2D eigenvalue weighted by Gasteiger charge is -2.30. The van der Waals surface area contributed by atoms with E-state index in [1.165, 1.54) is 0 Å². The molecule has 96 valence electrons. The average Bonchev–Trinajstić information content (AvgIpc) is 2.13. The number of benzene rings is 1. The minimum absolute atomic E-state index is 0.0359. The van der Waals surface area contributed by atoms with Crippen molar-refractivity contribution < 1.29 is 5.11 Å². The van der Waals surface area contributed by atoms with Crippen molar-refractivity contribution in [2.24, 2.45) is 0 Å². The molecule has 0 aliphatic rings. The number of rotatable bonds is 3. The molecular formula is C13H19BrClNO. The van der Waals surface area contributed by atoms with Gasteiger partial charge in [0.05, 0.1) is 0 Å². The highest BCUT2D eigenvalue weighted by Crippen LogP contribution is 2.30. The van der Waals surface area contributed by atoms with Crippen molar-refractivity contribution in [1.82, 2.24) is 5.32 Å². The fourth-order valence-corrected chi connectivity index (χ4v) is 2.34. The predicted molar refractivity (Wildman–Crippen MR) is 76.5 cm³/mol. The number of aliphatic hydroxyl groups is 1. The van der Waals surface area contributed by atoms with Gasteiger partial charge in [0.1, 0.15) is 5.60 Å². The molecule has 0 aliphatic heterocycles. The first-order valence-corrected chi connectivity index (χ1v) is 6.72. The molecule has 0 saturated carbocycles. The van der Waals surface area contributed by atoms with Crippen LogP contribution in [0.4, 0.5) is 0 Å². The van der Waals surface area contributed by atoms with Crippen LogP contribution >= 0.6 is 27.5 Å². The van der Waals surface area contributed by atoms with Gasteiger partial charge in [0, 0.05) is 27.1 Å². The number of hydrogen-bond acceptors (Lipinski definition) is 2. The van der Waals surface area contributed by atoms with E-state index in [1.807, 2.05) is 12.1 Å². The Labute approximate surface area is 117 Å². The Hall–Kier alpha value is -0.0900. The molecule has 0 radical (unpaired) electrons. The lowest BCUT2D eigenvalue weighted by atomic mass is 9.94. The van der Waals surface area contributed by atoms with Crippen LogP contribution in [0.15, 0.2) is 22.7 Å². The van der Waals surface area contributed by atoms with E-state index >= 15 is 0 Å². The van der Waals surface area contributed by atoms with Crippen molar-refractivity contribution in [3.63, 3.8) is 0 Å². The van der Waals surface area contributed by atoms with Crippen molar-refractivity contribution in [1.29, 1.82) is 0 Å². The lowest BCUT2D eigenvalue weighted by molar-refractivity contribution is 0.0503. The molecule has 1 aromatic rings. The van der Waals surface area contributed by atoms with Crippen LogP contribution in [-0.4, -0.2) is 17.2 Å². The first-order valence-electron chi connectivity index (χ1n) is 5.55. The Bertz CT molecular complexity index is 399. The summed E-state index contributed by atoms with van der Waals surface area (Å²) in [4.78, 5) is 0. The first-order chi connectivity index (χ1) is 7.62. The van der Waals surface area contributed by atoms with E-state index < -0.39 is 5.60 Å². The van der Waals surface area contributed by atoms with Crippen LogP contribution in [0.5, 0.6) is 0 Å². The fraction of sp³-hybridized carbons (Fsp3) is 0.538. The van der Waals surface area contributed by atoms with Crippen molar-refractivity contribution in [3.8, 4) is 0 Å². The SMILES string of the molecule is CC(C)(C)NCC(C)(O)c1ccc(Br)cc1Cl. The zero-order chi connectivity index (χ0) is 13.3. The maximum Gasteiger partial charge on any atom is 0.101 e. The predicted octanol–water partition coefficient (Wildman–Crippen LogP) is 3.70. The number of hydrogen-bond donors (Lipinski definition) is 2. The Kier molecular flexibility index (Phi) is 4.64. The van der Waals surface area contributed by atoms with Gasteiger partial charge in [-0.25, -0.2) is 0 Å². The molecule has 0 heterocycles. The van der Waals surface area contributed by atoms with Gasteiger partial charge in [0.2, 0.25) is 0 Å². The molecule has 0 saturated heterocycles.